The molecule has 2 aliphatic rings. The summed E-state index contributed by atoms with van der Waals surface area (Å²) in [5, 5.41) is 10.8. The standard InChI is InChI=1S/C20H32N4O3S/c1-15(19(25)23-20(26)22-16-6-3-2-4-7-16)21-14-17(18-8-5-13-28-18)24-9-11-27-12-10-24/h5,8,13,15-17,21H,2-4,6-7,9-12,14H2,1H3,(H2,22,23,25,26). The maximum Gasteiger partial charge on any atom is 0.321 e. The van der Waals surface area contributed by atoms with E-state index in [9.17, 15) is 9.59 Å². The molecule has 1 saturated heterocycles. The Morgan fingerprint density at radius 3 is 2.68 bits per heavy atom. The summed E-state index contributed by atoms with van der Waals surface area (Å²) in [5.41, 5.74) is 0. The Hall–Kier alpha value is -1.48. The van der Waals surface area contributed by atoms with Crippen molar-refractivity contribution in [2.45, 2.75) is 57.2 Å². The van der Waals surface area contributed by atoms with Gasteiger partial charge < -0.3 is 15.4 Å². The van der Waals surface area contributed by atoms with Crippen LogP contribution in [0.15, 0.2) is 17.5 Å². The van der Waals surface area contributed by atoms with Gasteiger partial charge in [0.25, 0.3) is 0 Å². The van der Waals surface area contributed by atoms with Crippen LogP contribution in [0, 0.1) is 0 Å². The number of hydrogen-bond acceptors (Lipinski definition) is 6. The molecule has 1 saturated carbocycles. The van der Waals surface area contributed by atoms with Gasteiger partial charge in [0.1, 0.15) is 0 Å². The number of rotatable bonds is 7. The van der Waals surface area contributed by atoms with Gasteiger partial charge in [0.2, 0.25) is 5.91 Å². The van der Waals surface area contributed by atoms with E-state index in [1.54, 1.807) is 18.3 Å². The van der Waals surface area contributed by atoms with Crippen molar-refractivity contribution in [3.63, 3.8) is 0 Å². The molecule has 2 atom stereocenters. The molecule has 0 bridgehead atoms. The van der Waals surface area contributed by atoms with E-state index in [0.29, 0.717) is 6.54 Å². The second-order valence-corrected chi connectivity index (χ2v) is 8.59. The average Bonchev–Trinajstić information content (AvgIpc) is 3.24. The Morgan fingerprint density at radius 1 is 1.25 bits per heavy atom. The monoisotopic (exact) mass is 408 g/mol. The van der Waals surface area contributed by atoms with Crippen LogP contribution >= 0.6 is 11.3 Å². The molecule has 0 aromatic carbocycles. The van der Waals surface area contributed by atoms with Gasteiger partial charge in [-0.2, -0.15) is 0 Å². The van der Waals surface area contributed by atoms with Crippen LogP contribution in [0.25, 0.3) is 0 Å². The fourth-order valence-corrected chi connectivity index (χ4v) is 4.71. The zero-order valence-corrected chi connectivity index (χ0v) is 17.4. The van der Waals surface area contributed by atoms with Crippen molar-refractivity contribution < 1.29 is 14.3 Å². The van der Waals surface area contributed by atoms with Crippen LogP contribution in [0.1, 0.15) is 49.9 Å². The smallest absolute Gasteiger partial charge is 0.321 e. The van der Waals surface area contributed by atoms with Crippen molar-refractivity contribution in [2.24, 2.45) is 0 Å². The molecule has 2 fully saturated rings. The highest BCUT2D eigenvalue weighted by atomic mass is 32.1. The summed E-state index contributed by atoms with van der Waals surface area (Å²) in [7, 11) is 0. The molecule has 28 heavy (non-hydrogen) atoms. The summed E-state index contributed by atoms with van der Waals surface area (Å²) in [4.78, 5) is 28.2. The van der Waals surface area contributed by atoms with Gasteiger partial charge in [-0.05, 0) is 31.2 Å². The van der Waals surface area contributed by atoms with Crippen LogP contribution in [0.2, 0.25) is 0 Å². The minimum atomic E-state index is -0.444. The highest BCUT2D eigenvalue weighted by Gasteiger charge is 2.25. The second-order valence-electron chi connectivity index (χ2n) is 7.61. The zero-order valence-electron chi connectivity index (χ0n) is 16.6. The molecule has 1 aromatic heterocycles. The van der Waals surface area contributed by atoms with E-state index in [1.165, 1.54) is 11.3 Å². The average molecular weight is 409 g/mol. The Bertz CT molecular complexity index is 613. The third-order valence-electron chi connectivity index (χ3n) is 5.55. The molecule has 2 unspecified atom stereocenters. The number of ether oxygens (including phenoxy) is 1. The zero-order chi connectivity index (χ0) is 19.8. The lowest BCUT2D eigenvalue weighted by Gasteiger charge is -2.34. The Balaban J connectivity index is 1.47. The molecular weight excluding hydrogens is 376 g/mol. The third kappa shape index (κ3) is 6.27. The van der Waals surface area contributed by atoms with Gasteiger partial charge in [-0.3, -0.25) is 15.0 Å². The first kappa shape index (κ1) is 21.2. The van der Waals surface area contributed by atoms with Crippen molar-refractivity contribution in [2.75, 3.05) is 32.8 Å². The van der Waals surface area contributed by atoms with E-state index in [4.69, 9.17) is 4.74 Å². The normalized spacial score (nSPS) is 21.0. The SMILES string of the molecule is CC(NCC(c1cccs1)N1CCOCC1)C(=O)NC(=O)NC1CCCCC1. The second kappa shape index (κ2) is 10.9. The molecule has 1 aliphatic heterocycles. The van der Waals surface area contributed by atoms with Gasteiger partial charge in [0.05, 0.1) is 25.3 Å². The van der Waals surface area contributed by atoms with Gasteiger partial charge in [-0.15, -0.1) is 11.3 Å². The van der Waals surface area contributed by atoms with Gasteiger partial charge in [-0.25, -0.2) is 4.79 Å². The number of carbonyl (C=O) groups is 2. The minimum Gasteiger partial charge on any atom is -0.379 e. The molecule has 3 N–H and O–H groups in total. The van der Waals surface area contributed by atoms with Gasteiger partial charge in [0.15, 0.2) is 0 Å². The maximum atomic E-state index is 12.4. The van der Waals surface area contributed by atoms with Gasteiger partial charge in [0, 0.05) is 30.6 Å². The van der Waals surface area contributed by atoms with E-state index in [0.717, 1.165) is 52.0 Å². The summed E-state index contributed by atoms with van der Waals surface area (Å²) in [6.07, 6.45) is 5.51. The van der Waals surface area contributed by atoms with E-state index in [2.05, 4.69) is 38.4 Å². The van der Waals surface area contributed by atoms with Gasteiger partial charge >= 0.3 is 6.03 Å². The number of imide groups is 1. The lowest BCUT2D eigenvalue weighted by Crippen LogP contribution is -2.52. The molecule has 2 heterocycles. The molecule has 3 amide bonds. The van der Waals surface area contributed by atoms with Crippen LogP contribution in [0.4, 0.5) is 4.79 Å². The molecule has 1 aliphatic carbocycles. The molecule has 3 rings (SSSR count). The Kier molecular flexibility index (Phi) is 8.27. The van der Waals surface area contributed by atoms with Crippen LogP contribution in [-0.4, -0.2) is 61.8 Å². The summed E-state index contributed by atoms with van der Waals surface area (Å²) >= 11 is 1.73. The van der Waals surface area contributed by atoms with Crippen molar-refractivity contribution in [3.05, 3.63) is 22.4 Å². The molecule has 0 radical (unpaired) electrons. The maximum absolute atomic E-state index is 12.4. The summed E-state index contributed by atoms with van der Waals surface area (Å²) in [5.74, 6) is -0.291. The van der Waals surface area contributed by atoms with Crippen molar-refractivity contribution in [1.82, 2.24) is 20.9 Å². The van der Waals surface area contributed by atoms with Crippen molar-refractivity contribution in [3.8, 4) is 0 Å². The van der Waals surface area contributed by atoms with E-state index in [1.807, 2.05) is 0 Å². The number of amides is 3. The Morgan fingerprint density at radius 2 is 2.00 bits per heavy atom. The predicted octanol–water partition coefficient (Wildman–Crippen LogP) is 2.26. The first-order chi connectivity index (χ1) is 13.6. The number of nitrogens with one attached hydrogen (secondary N) is 3. The van der Waals surface area contributed by atoms with Gasteiger partial charge in [-0.1, -0.05) is 25.3 Å². The van der Waals surface area contributed by atoms with Crippen LogP contribution < -0.4 is 16.0 Å². The number of thiophene rings is 1. The van der Waals surface area contributed by atoms with E-state index in [-0.39, 0.29) is 24.0 Å². The highest BCUT2D eigenvalue weighted by molar-refractivity contribution is 7.10. The number of carbonyl (C=O) groups excluding carboxylic acids is 2. The summed E-state index contributed by atoms with van der Waals surface area (Å²) in [6, 6.07) is 3.76. The fraction of sp³-hybridized carbons (Fsp3) is 0.700. The Labute approximate surface area is 171 Å². The first-order valence-electron chi connectivity index (χ1n) is 10.3. The van der Waals surface area contributed by atoms with Crippen LogP contribution in [0.5, 0.6) is 0 Å². The number of morpholine rings is 1. The molecule has 156 valence electrons. The van der Waals surface area contributed by atoms with Crippen LogP contribution in [0.3, 0.4) is 0 Å². The third-order valence-corrected chi connectivity index (χ3v) is 6.52. The molecule has 1 aromatic rings. The summed E-state index contributed by atoms with van der Waals surface area (Å²) in [6.45, 7) is 5.69. The van der Waals surface area contributed by atoms with Crippen molar-refractivity contribution in [1.29, 1.82) is 0 Å². The molecule has 8 heteroatoms. The quantitative estimate of drug-likeness (QED) is 0.645. The van der Waals surface area contributed by atoms with Crippen LogP contribution in [-0.2, 0) is 9.53 Å². The van der Waals surface area contributed by atoms with Crippen molar-refractivity contribution >= 4 is 23.3 Å². The minimum absolute atomic E-state index is 0.189. The number of hydrogen-bond donors (Lipinski definition) is 3. The topological polar surface area (TPSA) is 82.7 Å². The lowest BCUT2D eigenvalue weighted by atomic mass is 9.96. The molecule has 0 spiro atoms. The summed E-state index contributed by atoms with van der Waals surface area (Å²) < 4.78 is 5.47. The fourth-order valence-electron chi connectivity index (χ4n) is 3.85. The van der Waals surface area contributed by atoms with E-state index < -0.39 is 6.04 Å². The molecular formula is C20H32N4O3S. The number of urea groups is 1. The van der Waals surface area contributed by atoms with E-state index >= 15 is 0 Å². The highest BCUT2D eigenvalue weighted by Crippen LogP contribution is 2.25. The molecule has 7 nitrogen and oxygen atoms in total. The first-order valence-corrected chi connectivity index (χ1v) is 11.2. The largest absolute Gasteiger partial charge is 0.379 e. The lowest BCUT2D eigenvalue weighted by molar-refractivity contribution is -0.121. The predicted molar refractivity (Wildman–Crippen MR) is 110 cm³/mol. The number of nitrogens with zero attached hydrogens (tertiary/aromatic N) is 1.